The molecular formula is C11H16ClN3O. The van der Waals surface area contributed by atoms with Gasteiger partial charge in [0.05, 0.1) is 17.8 Å². The van der Waals surface area contributed by atoms with E-state index < -0.39 is 0 Å². The van der Waals surface area contributed by atoms with E-state index in [0.717, 1.165) is 0 Å². The maximum Gasteiger partial charge on any atom is 0.229 e. The third-order valence-electron chi connectivity index (χ3n) is 2.39. The van der Waals surface area contributed by atoms with Crippen LogP contribution in [0.1, 0.15) is 13.8 Å². The highest BCUT2D eigenvalue weighted by Gasteiger charge is 2.20. The lowest BCUT2D eigenvalue weighted by atomic mass is 9.95. The van der Waals surface area contributed by atoms with E-state index in [9.17, 15) is 4.79 Å². The van der Waals surface area contributed by atoms with Crippen molar-refractivity contribution < 1.29 is 4.79 Å². The van der Waals surface area contributed by atoms with Crippen LogP contribution < -0.4 is 11.1 Å². The summed E-state index contributed by atoms with van der Waals surface area (Å²) in [6.07, 6.45) is 1.52. The highest BCUT2D eigenvalue weighted by Crippen LogP contribution is 2.14. The van der Waals surface area contributed by atoms with Gasteiger partial charge in [-0.2, -0.15) is 0 Å². The van der Waals surface area contributed by atoms with E-state index in [1.54, 1.807) is 12.1 Å². The van der Waals surface area contributed by atoms with Crippen molar-refractivity contribution in [1.82, 2.24) is 4.98 Å². The van der Waals surface area contributed by atoms with Gasteiger partial charge in [-0.25, -0.2) is 4.98 Å². The summed E-state index contributed by atoms with van der Waals surface area (Å²) in [4.78, 5) is 15.7. The predicted octanol–water partition coefficient (Wildman–Crippen LogP) is 1.90. The van der Waals surface area contributed by atoms with Crippen molar-refractivity contribution >= 4 is 23.2 Å². The number of nitrogens with one attached hydrogen (secondary N) is 1. The molecule has 1 atom stereocenters. The third-order valence-corrected chi connectivity index (χ3v) is 2.61. The number of carbonyl (C=O) groups excluding carboxylic acids is 1. The van der Waals surface area contributed by atoms with Gasteiger partial charge in [0.25, 0.3) is 0 Å². The third kappa shape index (κ3) is 3.47. The van der Waals surface area contributed by atoms with E-state index in [0.29, 0.717) is 17.4 Å². The maximum absolute atomic E-state index is 11.8. The van der Waals surface area contributed by atoms with Gasteiger partial charge in [-0.1, -0.05) is 25.4 Å². The molecular weight excluding hydrogens is 226 g/mol. The van der Waals surface area contributed by atoms with Crippen LogP contribution >= 0.6 is 11.6 Å². The van der Waals surface area contributed by atoms with Crippen LogP contribution in [0.5, 0.6) is 0 Å². The van der Waals surface area contributed by atoms with Crippen molar-refractivity contribution in [2.24, 2.45) is 17.6 Å². The Morgan fingerprint density at radius 3 is 2.69 bits per heavy atom. The van der Waals surface area contributed by atoms with E-state index in [4.69, 9.17) is 17.3 Å². The molecule has 0 aromatic carbocycles. The first kappa shape index (κ1) is 12.9. The number of nitrogens with zero attached hydrogens (tertiary/aromatic N) is 1. The summed E-state index contributed by atoms with van der Waals surface area (Å²) < 4.78 is 0. The van der Waals surface area contributed by atoms with Gasteiger partial charge < -0.3 is 11.1 Å². The van der Waals surface area contributed by atoms with Crippen molar-refractivity contribution in [3.05, 3.63) is 23.5 Å². The molecule has 0 spiro atoms. The van der Waals surface area contributed by atoms with Crippen molar-refractivity contribution in [2.75, 3.05) is 11.9 Å². The molecule has 0 saturated heterocycles. The molecule has 0 aliphatic carbocycles. The van der Waals surface area contributed by atoms with Crippen molar-refractivity contribution in [1.29, 1.82) is 0 Å². The number of hydrogen-bond donors (Lipinski definition) is 2. The summed E-state index contributed by atoms with van der Waals surface area (Å²) in [6.45, 7) is 4.28. The van der Waals surface area contributed by atoms with Gasteiger partial charge in [0.2, 0.25) is 5.91 Å². The average molecular weight is 242 g/mol. The molecule has 5 heteroatoms. The van der Waals surface area contributed by atoms with Crippen LogP contribution in [0.15, 0.2) is 18.3 Å². The number of aromatic nitrogens is 1. The quantitative estimate of drug-likeness (QED) is 0.792. The molecule has 88 valence electrons. The second-order valence-electron chi connectivity index (χ2n) is 3.95. The fourth-order valence-electron chi connectivity index (χ4n) is 1.37. The summed E-state index contributed by atoms with van der Waals surface area (Å²) in [5.41, 5.74) is 6.19. The zero-order valence-electron chi connectivity index (χ0n) is 9.40. The lowest BCUT2D eigenvalue weighted by Crippen LogP contribution is -2.33. The second kappa shape index (κ2) is 5.82. The van der Waals surface area contributed by atoms with Crippen molar-refractivity contribution in [3.63, 3.8) is 0 Å². The smallest absolute Gasteiger partial charge is 0.229 e. The number of nitrogens with two attached hydrogens (primary N) is 1. The maximum atomic E-state index is 11.8. The van der Waals surface area contributed by atoms with Gasteiger partial charge in [0.15, 0.2) is 0 Å². The number of halogens is 1. The molecule has 0 saturated carbocycles. The fourth-order valence-corrected chi connectivity index (χ4v) is 1.48. The first-order valence-electron chi connectivity index (χ1n) is 5.17. The van der Waals surface area contributed by atoms with E-state index in [-0.39, 0.29) is 17.7 Å². The van der Waals surface area contributed by atoms with Crippen LogP contribution in [0.3, 0.4) is 0 Å². The number of hydrogen-bond acceptors (Lipinski definition) is 3. The summed E-state index contributed by atoms with van der Waals surface area (Å²) in [6, 6.07) is 3.34. The van der Waals surface area contributed by atoms with Gasteiger partial charge in [-0.05, 0) is 18.1 Å². The SMILES string of the molecule is CC(C)C(CN)C(=O)Nc1ccc(Cl)nc1. The average Bonchev–Trinajstić information content (AvgIpc) is 2.22. The van der Waals surface area contributed by atoms with Gasteiger partial charge in [-0.15, -0.1) is 0 Å². The standard InChI is InChI=1S/C11H16ClN3O/c1-7(2)9(5-13)11(16)15-8-3-4-10(12)14-6-8/h3-4,6-7,9H,5,13H2,1-2H3,(H,15,16). The highest BCUT2D eigenvalue weighted by atomic mass is 35.5. The molecule has 16 heavy (non-hydrogen) atoms. The van der Waals surface area contributed by atoms with Crippen LogP contribution in [0.25, 0.3) is 0 Å². The molecule has 4 nitrogen and oxygen atoms in total. The molecule has 1 unspecified atom stereocenters. The molecule has 1 aromatic heterocycles. The minimum Gasteiger partial charge on any atom is -0.330 e. The fraction of sp³-hybridized carbons (Fsp3) is 0.455. The monoisotopic (exact) mass is 241 g/mol. The number of carbonyl (C=O) groups is 1. The van der Waals surface area contributed by atoms with Gasteiger partial charge in [-0.3, -0.25) is 4.79 Å². The zero-order valence-corrected chi connectivity index (χ0v) is 10.2. The van der Waals surface area contributed by atoms with Gasteiger partial charge >= 0.3 is 0 Å². The topological polar surface area (TPSA) is 68.0 Å². The van der Waals surface area contributed by atoms with Crippen molar-refractivity contribution in [3.8, 4) is 0 Å². The molecule has 1 aromatic rings. The van der Waals surface area contributed by atoms with Gasteiger partial charge in [0.1, 0.15) is 5.15 Å². The minimum atomic E-state index is -0.185. The Morgan fingerprint density at radius 2 is 2.25 bits per heavy atom. The first-order chi connectivity index (χ1) is 7.54. The first-order valence-corrected chi connectivity index (χ1v) is 5.55. The van der Waals surface area contributed by atoms with E-state index >= 15 is 0 Å². The summed E-state index contributed by atoms with van der Waals surface area (Å²) >= 11 is 5.64. The molecule has 0 fully saturated rings. The Morgan fingerprint density at radius 1 is 1.56 bits per heavy atom. The summed E-state index contributed by atoms with van der Waals surface area (Å²) in [5.74, 6) is -0.0532. The largest absolute Gasteiger partial charge is 0.330 e. The Balaban J connectivity index is 2.66. The zero-order chi connectivity index (χ0) is 12.1. The number of anilines is 1. The lowest BCUT2D eigenvalue weighted by molar-refractivity contribution is -0.120. The predicted molar refractivity (Wildman–Crippen MR) is 65.3 cm³/mol. The van der Waals surface area contributed by atoms with Crippen LogP contribution in [-0.2, 0) is 4.79 Å². The van der Waals surface area contributed by atoms with Crippen LogP contribution in [0.2, 0.25) is 5.15 Å². The van der Waals surface area contributed by atoms with Crippen LogP contribution in [0.4, 0.5) is 5.69 Å². The molecule has 1 heterocycles. The Hall–Kier alpha value is -1.13. The van der Waals surface area contributed by atoms with Crippen LogP contribution in [-0.4, -0.2) is 17.4 Å². The Kier molecular flexibility index (Phi) is 4.71. The van der Waals surface area contributed by atoms with Crippen molar-refractivity contribution in [2.45, 2.75) is 13.8 Å². The molecule has 0 radical (unpaired) electrons. The molecule has 1 amide bonds. The number of rotatable bonds is 4. The number of pyridine rings is 1. The Bertz CT molecular complexity index is 351. The highest BCUT2D eigenvalue weighted by molar-refractivity contribution is 6.29. The van der Waals surface area contributed by atoms with Crippen LogP contribution in [0, 0.1) is 11.8 Å². The lowest BCUT2D eigenvalue weighted by Gasteiger charge is -2.17. The number of amides is 1. The van der Waals surface area contributed by atoms with E-state index in [1.807, 2.05) is 13.8 Å². The molecule has 0 aliphatic rings. The normalized spacial score (nSPS) is 12.6. The summed E-state index contributed by atoms with van der Waals surface area (Å²) in [5, 5.41) is 3.16. The Labute approximate surface area is 100 Å². The van der Waals surface area contributed by atoms with E-state index in [1.165, 1.54) is 6.20 Å². The molecule has 0 aliphatic heterocycles. The second-order valence-corrected chi connectivity index (χ2v) is 4.33. The van der Waals surface area contributed by atoms with Gasteiger partial charge in [0, 0.05) is 6.54 Å². The molecule has 1 rings (SSSR count). The van der Waals surface area contributed by atoms with E-state index in [2.05, 4.69) is 10.3 Å². The summed E-state index contributed by atoms with van der Waals surface area (Å²) in [7, 11) is 0. The minimum absolute atomic E-state index is 0.0818. The molecule has 0 bridgehead atoms. The molecule has 3 N–H and O–H groups in total.